The lowest BCUT2D eigenvalue weighted by Crippen LogP contribution is -2.31. The highest BCUT2D eigenvalue weighted by molar-refractivity contribution is 8.03. The fourth-order valence-corrected chi connectivity index (χ4v) is 5.00. The van der Waals surface area contributed by atoms with E-state index < -0.39 is 5.92 Å². The van der Waals surface area contributed by atoms with Gasteiger partial charge in [-0.25, -0.2) is 0 Å². The molecule has 0 fully saturated rings. The number of carbonyl (C=O) groups excluding carboxylic acids is 2. The average Bonchev–Trinajstić information content (AvgIpc) is 3.46. The highest BCUT2D eigenvalue weighted by Gasteiger charge is 2.36. The molecule has 1 atom stereocenters. The van der Waals surface area contributed by atoms with Gasteiger partial charge >= 0.3 is 0 Å². The first-order valence-electron chi connectivity index (χ1n) is 12.0. The Balaban J connectivity index is 1.53. The summed E-state index contributed by atoms with van der Waals surface area (Å²) in [5, 5.41) is 19.7. The number of hydrogen-bond donors (Lipinski definition) is 3. The number of rotatable bonds is 9. The van der Waals surface area contributed by atoms with E-state index in [1.54, 1.807) is 19.1 Å². The third kappa shape index (κ3) is 6.32. The number of nitrogens with zero attached hydrogens (tertiary/aromatic N) is 1. The summed E-state index contributed by atoms with van der Waals surface area (Å²) in [4.78, 5) is 25.9. The van der Waals surface area contributed by atoms with E-state index in [9.17, 15) is 14.9 Å². The molecule has 1 aliphatic heterocycles. The topological polar surface area (TPSA) is 107 Å². The first-order valence-corrected chi connectivity index (χ1v) is 13.0. The molecule has 1 unspecified atom stereocenters. The molecule has 37 heavy (non-hydrogen) atoms. The molecule has 2 aromatic carbocycles. The number of anilines is 1. The summed E-state index contributed by atoms with van der Waals surface area (Å²) in [6.07, 6.45) is 2.43. The average molecular weight is 513 g/mol. The number of benzene rings is 2. The number of nitrogens with one attached hydrogen (secondary N) is 3. The van der Waals surface area contributed by atoms with Crippen LogP contribution in [-0.4, -0.2) is 17.6 Å². The molecule has 1 aliphatic rings. The molecule has 0 saturated heterocycles. The maximum absolute atomic E-state index is 13.4. The van der Waals surface area contributed by atoms with Crippen LogP contribution in [0.2, 0.25) is 0 Å². The van der Waals surface area contributed by atoms with Crippen LogP contribution in [0, 0.1) is 11.3 Å². The van der Waals surface area contributed by atoms with Crippen molar-refractivity contribution in [3.63, 3.8) is 0 Å². The molecule has 188 valence electrons. The molecule has 3 N–H and O–H groups in total. The van der Waals surface area contributed by atoms with Gasteiger partial charge in [-0.05, 0) is 48.7 Å². The van der Waals surface area contributed by atoms with Crippen molar-refractivity contribution >= 4 is 29.3 Å². The Morgan fingerprint density at radius 2 is 1.81 bits per heavy atom. The number of carbonyl (C=O) groups is 2. The first-order chi connectivity index (χ1) is 18.0. The standard InChI is InChI=1S/C29H28N4O3S/c1-3-20-11-13-22(14-12-20)33-28(35)26-19(2)32-29(23(16-30)27(26)24-10-7-15-36-24)37-18-25(34)31-17-21-8-5-4-6-9-21/h4-15,27,32H,3,17-18H2,1-2H3,(H,31,34)(H,33,35). The molecule has 0 aliphatic carbocycles. The number of amides is 2. The molecule has 0 spiro atoms. The number of thioether (sulfide) groups is 1. The van der Waals surface area contributed by atoms with Crippen LogP contribution in [0.5, 0.6) is 0 Å². The normalized spacial score (nSPS) is 15.1. The molecule has 8 heteroatoms. The van der Waals surface area contributed by atoms with Crippen molar-refractivity contribution < 1.29 is 14.0 Å². The number of aryl methyl sites for hydroxylation is 1. The van der Waals surface area contributed by atoms with Gasteiger partial charge in [0.15, 0.2) is 0 Å². The largest absolute Gasteiger partial charge is 0.468 e. The second-order valence-electron chi connectivity index (χ2n) is 8.52. The molecule has 3 aromatic rings. The van der Waals surface area contributed by atoms with E-state index in [-0.39, 0.29) is 17.6 Å². The van der Waals surface area contributed by atoms with Crippen LogP contribution < -0.4 is 16.0 Å². The number of dihydropyridines is 1. The molecule has 2 amide bonds. The van der Waals surface area contributed by atoms with Gasteiger partial charge in [-0.15, -0.1) is 0 Å². The van der Waals surface area contributed by atoms with Gasteiger partial charge in [0.05, 0.1) is 40.2 Å². The Morgan fingerprint density at radius 1 is 1.05 bits per heavy atom. The minimum absolute atomic E-state index is 0.115. The first kappa shape index (κ1) is 25.9. The van der Waals surface area contributed by atoms with E-state index in [0.29, 0.717) is 39.9 Å². The summed E-state index contributed by atoms with van der Waals surface area (Å²) >= 11 is 1.23. The summed E-state index contributed by atoms with van der Waals surface area (Å²) in [6.45, 7) is 4.28. The van der Waals surface area contributed by atoms with Crippen LogP contribution >= 0.6 is 11.8 Å². The maximum Gasteiger partial charge on any atom is 0.254 e. The number of allylic oxidation sites excluding steroid dienone is 2. The molecule has 2 heterocycles. The Bertz CT molecular complexity index is 1350. The lowest BCUT2D eigenvalue weighted by Gasteiger charge is -2.28. The van der Waals surface area contributed by atoms with Crippen molar-refractivity contribution in [2.45, 2.75) is 32.7 Å². The highest BCUT2D eigenvalue weighted by Crippen LogP contribution is 2.41. The van der Waals surface area contributed by atoms with Crippen molar-refractivity contribution in [3.8, 4) is 6.07 Å². The van der Waals surface area contributed by atoms with Crippen molar-refractivity contribution in [1.29, 1.82) is 5.26 Å². The monoisotopic (exact) mass is 512 g/mol. The van der Waals surface area contributed by atoms with Crippen molar-refractivity contribution in [2.75, 3.05) is 11.1 Å². The zero-order valence-electron chi connectivity index (χ0n) is 20.7. The highest BCUT2D eigenvalue weighted by atomic mass is 32.2. The molecule has 0 radical (unpaired) electrons. The maximum atomic E-state index is 13.4. The molecular formula is C29H28N4O3S. The fraction of sp³-hybridized carbons (Fsp3) is 0.207. The lowest BCUT2D eigenvalue weighted by molar-refractivity contribution is -0.118. The van der Waals surface area contributed by atoms with Gasteiger partial charge in [-0.2, -0.15) is 5.26 Å². The van der Waals surface area contributed by atoms with Crippen molar-refractivity contribution in [1.82, 2.24) is 10.6 Å². The van der Waals surface area contributed by atoms with Crippen molar-refractivity contribution in [3.05, 3.63) is 112 Å². The van der Waals surface area contributed by atoms with Gasteiger partial charge in [0.2, 0.25) is 5.91 Å². The third-order valence-corrected chi connectivity index (χ3v) is 7.04. The second kappa shape index (κ2) is 12.2. The molecule has 4 rings (SSSR count). The number of furan rings is 1. The zero-order chi connectivity index (χ0) is 26.2. The minimum atomic E-state index is -0.703. The van der Waals surface area contributed by atoms with Gasteiger partial charge in [0.25, 0.3) is 5.91 Å². The molecule has 0 bridgehead atoms. The Kier molecular flexibility index (Phi) is 8.49. The van der Waals surface area contributed by atoms with E-state index in [2.05, 4.69) is 28.9 Å². The summed E-state index contributed by atoms with van der Waals surface area (Å²) in [5.74, 6) is -0.589. The quantitative estimate of drug-likeness (QED) is 0.363. The minimum Gasteiger partial charge on any atom is -0.468 e. The van der Waals surface area contributed by atoms with Crippen LogP contribution in [0.25, 0.3) is 0 Å². The van der Waals surface area contributed by atoms with Crippen LogP contribution in [0.3, 0.4) is 0 Å². The SMILES string of the molecule is CCc1ccc(NC(=O)C2=C(C)NC(SCC(=O)NCc3ccccc3)=C(C#N)C2c2ccco2)cc1. The van der Waals surface area contributed by atoms with E-state index in [1.165, 1.54) is 23.6 Å². The Morgan fingerprint density at radius 3 is 2.46 bits per heavy atom. The molecule has 7 nitrogen and oxygen atoms in total. The van der Waals surface area contributed by atoms with Crippen LogP contribution in [0.15, 0.2) is 99.3 Å². The van der Waals surface area contributed by atoms with Crippen molar-refractivity contribution in [2.24, 2.45) is 0 Å². The summed E-state index contributed by atoms with van der Waals surface area (Å²) in [7, 11) is 0. The second-order valence-corrected chi connectivity index (χ2v) is 9.51. The van der Waals surface area contributed by atoms with E-state index in [4.69, 9.17) is 4.42 Å². The van der Waals surface area contributed by atoms with Crippen LogP contribution in [0.4, 0.5) is 5.69 Å². The van der Waals surface area contributed by atoms with Gasteiger partial charge in [0, 0.05) is 17.9 Å². The smallest absolute Gasteiger partial charge is 0.254 e. The van der Waals surface area contributed by atoms with E-state index in [1.807, 2.05) is 54.6 Å². The third-order valence-electron chi connectivity index (χ3n) is 6.02. The zero-order valence-corrected chi connectivity index (χ0v) is 21.5. The molecule has 0 saturated carbocycles. The molecule has 1 aromatic heterocycles. The summed E-state index contributed by atoms with van der Waals surface area (Å²) in [5.41, 5.74) is 4.15. The Labute approximate surface area is 220 Å². The predicted octanol–water partition coefficient (Wildman–Crippen LogP) is 5.23. The van der Waals surface area contributed by atoms with Crippen LogP contribution in [-0.2, 0) is 22.6 Å². The molecular weight excluding hydrogens is 484 g/mol. The van der Waals surface area contributed by atoms with Gasteiger partial charge < -0.3 is 20.4 Å². The fourth-order valence-electron chi connectivity index (χ4n) is 4.07. The summed E-state index contributed by atoms with van der Waals surface area (Å²) in [6, 6.07) is 23.0. The Hall–Kier alpha value is -4.22. The van der Waals surface area contributed by atoms with E-state index in [0.717, 1.165) is 12.0 Å². The van der Waals surface area contributed by atoms with Gasteiger partial charge in [-0.3, -0.25) is 9.59 Å². The van der Waals surface area contributed by atoms with Gasteiger partial charge in [0.1, 0.15) is 5.76 Å². The predicted molar refractivity (Wildman–Crippen MR) is 145 cm³/mol. The van der Waals surface area contributed by atoms with E-state index >= 15 is 0 Å². The summed E-state index contributed by atoms with van der Waals surface area (Å²) < 4.78 is 5.66. The number of nitriles is 1. The lowest BCUT2D eigenvalue weighted by atomic mass is 9.85. The number of hydrogen-bond acceptors (Lipinski definition) is 6. The van der Waals surface area contributed by atoms with Crippen LogP contribution in [0.1, 0.15) is 36.7 Å². The van der Waals surface area contributed by atoms with Gasteiger partial charge in [-0.1, -0.05) is 61.2 Å².